The number of carbonyl (C=O) groups is 1. The van der Waals surface area contributed by atoms with Crippen molar-refractivity contribution >= 4 is 6.03 Å². The maximum absolute atomic E-state index is 11.9. The third-order valence-corrected chi connectivity index (χ3v) is 5.95. The van der Waals surface area contributed by atoms with E-state index in [1.54, 1.807) is 0 Å². The van der Waals surface area contributed by atoms with Gasteiger partial charge in [0, 0.05) is 6.54 Å². The van der Waals surface area contributed by atoms with Gasteiger partial charge in [0.05, 0.1) is 13.3 Å². The number of unbranched alkanes of at least 4 members (excludes halogenated alkanes) is 15. The normalized spacial score (nSPS) is 15.5. The highest BCUT2D eigenvalue weighted by molar-refractivity contribution is 5.74. The third-order valence-electron chi connectivity index (χ3n) is 5.95. The molecule has 0 unspecified atom stereocenters. The van der Waals surface area contributed by atoms with E-state index in [9.17, 15) is 15.0 Å². The number of aliphatic hydroxyl groups is 2. The summed E-state index contributed by atoms with van der Waals surface area (Å²) in [5.41, 5.74) is 0. The number of nitrogens with zero attached hydrogens (tertiary/aromatic N) is 3. The molecule has 0 aliphatic carbocycles. The van der Waals surface area contributed by atoms with Gasteiger partial charge < -0.3 is 10.2 Å². The Labute approximate surface area is 179 Å². The molecule has 6 nitrogen and oxygen atoms in total. The minimum Gasteiger partial charge on any atom is -0.376 e. The van der Waals surface area contributed by atoms with Gasteiger partial charge in [0.25, 0.3) is 0 Å². The lowest BCUT2D eigenvalue weighted by Crippen LogP contribution is -2.58. The molecule has 0 aromatic rings. The minimum absolute atomic E-state index is 0.293. The van der Waals surface area contributed by atoms with Crippen LogP contribution in [-0.4, -0.2) is 64.3 Å². The molecule has 2 N–H and O–H groups in total. The molecule has 0 aromatic heterocycles. The molecule has 0 bridgehead atoms. The summed E-state index contributed by atoms with van der Waals surface area (Å²) in [5.74, 6) is 0. The van der Waals surface area contributed by atoms with Gasteiger partial charge in [0.1, 0.15) is 13.5 Å². The quantitative estimate of drug-likeness (QED) is 0.289. The van der Waals surface area contributed by atoms with Crippen molar-refractivity contribution in [1.29, 1.82) is 0 Å². The zero-order chi connectivity index (χ0) is 21.2. The molecule has 1 aliphatic heterocycles. The monoisotopic (exact) mass is 413 g/mol. The van der Waals surface area contributed by atoms with E-state index < -0.39 is 0 Å². The fraction of sp³-hybridized carbons (Fsp3) is 0.957. The van der Waals surface area contributed by atoms with Crippen molar-refractivity contribution < 1.29 is 15.0 Å². The molecule has 1 saturated heterocycles. The number of amides is 2. The smallest absolute Gasteiger partial charge is 0.325 e. The summed E-state index contributed by atoms with van der Waals surface area (Å²) in [5, 5.41) is 18.6. The van der Waals surface area contributed by atoms with E-state index in [-0.39, 0.29) is 19.5 Å². The van der Waals surface area contributed by atoms with Crippen molar-refractivity contribution in [2.24, 2.45) is 0 Å². The summed E-state index contributed by atoms with van der Waals surface area (Å²) in [6.45, 7) is 3.47. The number of aliphatic hydroxyl groups excluding tert-OH is 2. The Morgan fingerprint density at radius 1 is 0.621 bits per heavy atom. The van der Waals surface area contributed by atoms with E-state index in [4.69, 9.17) is 0 Å². The van der Waals surface area contributed by atoms with Crippen LogP contribution >= 0.6 is 0 Å². The van der Waals surface area contributed by atoms with Gasteiger partial charge in [0.2, 0.25) is 0 Å². The van der Waals surface area contributed by atoms with Crippen LogP contribution < -0.4 is 0 Å². The maximum atomic E-state index is 11.9. The summed E-state index contributed by atoms with van der Waals surface area (Å²) < 4.78 is 0. The van der Waals surface area contributed by atoms with Crippen molar-refractivity contribution in [2.75, 3.05) is 33.3 Å². The fourth-order valence-electron chi connectivity index (χ4n) is 4.08. The highest BCUT2D eigenvalue weighted by atomic mass is 16.3. The van der Waals surface area contributed by atoms with Gasteiger partial charge in [-0.05, 0) is 6.42 Å². The molecule has 1 aliphatic rings. The molecule has 29 heavy (non-hydrogen) atoms. The summed E-state index contributed by atoms with van der Waals surface area (Å²) in [6.07, 6.45) is 21.8. The van der Waals surface area contributed by atoms with Crippen LogP contribution in [0, 0.1) is 0 Å². The maximum Gasteiger partial charge on any atom is 0.325 e. The summed E-state index contributed by atoms with van der Waals surface area (Å²) in [6, 6.07) is -0.293. The molecule has 6 heteroatoms. The standard InChI is InChI=1S/C23H47N3O3/c1-2-3-4-5-6-7-8-9-10-11-12-13-14-15-16-17-18-24-19-25(21-27)23(29)26(20-24)22-28/h27-28H,2-22H2,1H3. The van der Waals surface area contributed by atoms with Crippen LogP contribution in [-0.2, 0) is 0 Å². The number of hydrogen-bond donors (Lipinski definition) is 2. The molecule has 2 amide bonds. The van der Waals surface area contributed by atoms with E-state index in [0.29, 0.717) is 13.3 Å². The van der Waals surface area contributed by atoms with Gasteiger partial charge in [-0.15, -0.1) is 0 Å². The Kier molecular flexibility index (Phi) is 16.2. The SMILES string of the molecule is CCCCCCCCCCCCCCCCCCN1CN(CO)C(=O)N(CO)C1. The average Bonchev–Trinajstić information content (AvgIpc) is 2.74. The summed E-state index contributed by atoms with van der Waals surface area (Å²) in [4.78, 5) is 16.7. The van der Waals surface area contributed by atoms with Gasteiger partial charge in [0.15, 0.2) is 0 Å². The van der Waals surface area contributed by atoms with Crippen molar-refractivity contribution in [3.05, 3.63) is 0 Å². The van der Waals surface area contributed by atoms with E-state index >= 15 is 0 Å². The summed E-state index contributed by atoms with van der Waals surface area (Å²) in [7, 11) is 0. The van der Waals surface area contributed by atoms with Gasteiger partial charge in [-0.2, -0.15) is 0 Å². The van der Waals surface area contributed by atoms with Crippen LogP contribution in [0.2, 0.25) is 0 Å². The van der Waals surface area contributed by atoms with Gasteiger partial charge in [-0.25, -0.2) is 4.79 Å². The number of hydrogen-bond acceptors (Lipinski definition) is 4. The molecule has 172 valence electrons. The van der Waals surface area contributed by atoms with Gasteiger partial charge in [-0.3, -0.25) is 14.7 Å². The first-order valence-corrected chi connectivity index (χ1v) is 12.2. The van der Waals surface area contributed by atoms with E-state index in [2.05, 4.69) is 11.8 Å². The molecule has 1 fully saturated rings. The molecule has 0 radical (unpaired) electrons. The average molecular weight is 414 g/mol. The Bertz CT molecular complexity index is 380. The first-order chi connectivity index (χ1) is 14.2. The molecule has 0 saturated carbocycles. The van der Waals surface area contributed by atoms with Crippen molar-refractivity contribution in [3.63, 3.8) is 0 Å². The Balaban J connectivity index is 1.86. The Morgan fingerprint density at radius 2 is 0.966 bits per heavy atom. The first-order valence-electron chi connectivity index (χ1n) is 12.2. The molecule has 0 aromatic carbocycles. The largest absolute Gasteiger partial charge is 0.376 e. The van der Waals surface area contributed by atoms with Crippen LogP contribution in [0.25, 0.3) is 0 Å². The highest BCUT2D eigenvalue weighted by Crippen LogP contribution is 2.14. The number of rotatable bonds is 19. The lowest BCUT2D eigenvalue weighted by atomic mass is 10.0. The summed E-state index contributed by atoms with van der Waals surface area (Å²) >= 11 is 0. The lowest BCUT2D eigenvalue weighted by molar-refractivity contribution is -0.0265. The molecule has 0 spiro atoms. The van der Waals surface area contributed by atoms with Crippen molar-refractivity contribution in [3.8, 4) is 0 Å². The zero-order valence-corrected chi connectivity index (χ0v) is 19.0. The zero-order valence-electron chi connectivity index (χ0n) is 19.0. The van der Waals surface area contributed by atoms with Crippen molar-refractivity contribution in [2.45, 2.75) is 110 Å². The number of carbonyl (C=O) groups excluding carboxylic acids is 1. The molecule has 0 atom stereocenters. The van der Waals surface area contributed by atoms with Gasteiger partial charge >= 0.3 is 6.03 Å². The third kappa shape index (κ3) is 12.4. The van der Waals surface area contributed by atoms with Gasteiger partial charge in [-0.1, -0.05) is 103 Å². The Hall–Kier alpha value is -0.850. The van der Waals surface area contributed by atoms with Crippen LogP contribution in [0.3, 0.4) is 0 Å². The van der Waals surface area contributed by atoms with E-state index in [1.165, 1.54) is 106 Å². The minimum atomic E-state index is -0.301. The second-order valence-corrected chi connectivity index (χ2v) is 8.63. The molecular weight excluding hydrogens is 366 g/mol. The Morgan fingerprint density at radius 3 is 1.31 bits per heavy atom. The number of urea groups is 1. The van der Waals surface area contributed by atoms with Crippen LogP contribution in [0.5, 0.6) is 0 Å². The second-order valence-electron chi connectivity index (χ2n) is 8.63. The first kappa shape index (κ1) is 26.2. The molecule has 1 heterocycles. The predicted molar refractivity (Wildman–Crippen MR) is 119 cm³/mol. The van der Waals surface area contributed by atoms with Crippen LogP contribution in [0.15, 0.2) is 0 Å². The predicted octanol–water partition coefficient (Wildman–Crippen LogP) is 5.10. The molecule has 1 rings (SSSR count). The molecular formula is C23H47N3O3. The highest BCUT2D eigenvalue weighted by Gasteiger charge is 2.28. The van der Waals surface area contributed by atoms with Crippen LogP contribution in [0.4, 0.5) is 4.79 Å². The van der Waals surface area contributed by atoms with Crippen LogP contribution in [0.1, 0.15) is 110 Å². The van der Waals surface area contributed by atoms with Crippen molar-refractivity contribution in [1.82, 2.24) is 14.7 Å². The topological polar surface area (TPSA) is 67.2 Å². The lowest BCUT2D eigenvalue weighted by Gasteiger charge is -2.40. The fourth-order valence-corrected chi connectivity index (χ4v) is 4.08. The van der Waals surface area contributed by atoms with E-state index in [1.807, 2.05) is 0 Å². The van der Waals surface area contributed by atoms with E-state index in [0.717, 1.165) is 13.0 Å². The second kappa shape index (κ2) is 18.0.